The number of pyridine rings is 1. The van der Waals surface area contributed by atoms with Gasteiger partial charge in [-0.15, -0.1) is 11.3 Å². The van der Waals surface area contributed by atoms with Crippen molar-refractivity contribution in [2.45, 2.75) is 39.5 Å². The molecule has 0 aliphatic heterocycles. The van der Waals surface area contributed by atoms with Gasteiger partial charge in [0.1, 0.15) is 20.9 Å². The van der Waals surface area contributed by atoms with Crippen molar-refractivity contribution in [1.82, 2.24) is 14.5 Å². The highest BCUT2D eigenvalue weighted by Crippen LogP contribution is 2.36. The lowest BCUT2D eigenvalue weighted by atomic mass is 10.2. The van der Waals surface area contributed by atoms with E-state index in [-0.39, 0.29) is 5.56 Å². The highest BCUT2D eigenvalue weighted by Gasteiger charge is 2.20. The number of unbranched alkanes of at least 4 members (excludes halogenated alkanes) is 1. The maximum atomic E-state index is 13.7. The zero-order chi connectivity index (χ0) is 20.5. The van der Waals surface area contributed by atoms with E-state index in [0.717, 1.165) is 52.2 Å². The molecule has 0 unspecified atom stereocenters. The molecule has 0 amide bonds. The van der Waals surface area contributed by atoms with Crippen LogP contribution in [0.5, 0.6) is 0 Å². The quantitative estimate of drug-likeness (QED) is 0.587. The summed E-state index contributed by atoms with van der Waals surface area (Å²) in [6.45, 7) is 4.23. The molecule has 0 radical (unpaired) electrons. The van der Waals surface area contributed by atoms with Crippen LogP contribution >= 0.6 is 11.3 Å². The Hall–Kier alpha value is -2.73. The number of thiophene rings is 1. The van der Waals surface area contributed by atoms with Crippen LogP contribution in [0.1, 0.15) is 38.9 Å². The van der Waals surface area contributed by atoms with Crippen LogP contribution in [0, 0.1) is 0 Å². The molecule has 6 heteroatoms. The number of aryl methyl sites for hydroxylation is 1. The molecule has 29 heavy (non-hydrogen) atoms. The van der Waals surface area contributed by atoms with Crippen LogP contribution in [0.15, 0.2) is 46.9 Å². The monoisotopic (exact) mass is 406 g/mol. The summed E-state index contributed by atoms with van der Waals surface area (Å²) < 4.78 is 2.51. The van der Waals surface area contributed by atoms with Gasteiger partial charge in [0, 0.05) is 38.8 Å². The van der Waals surface area contributed by atoms with Crippen LogP contribution in [-0.2, 0) is 6.42 Å². The molecule has 3 aromatic heterocycles. The Labute approximate surface area is 174 Å². The van der Waals surface area contributed by atoms with Gasteiger partial charge in [-0.05, 0) is 25.5 Å². The maximum Gasteiger partial charge on any atom is 0.275 e. The molecule has 0 N–H and O–H groups in total. The number of allylic oxidation sites excluding steroid dienone is 6. The molecule has 0 atom stereocenters. The number of aromatic nitrogens is 3. The highest BCUT2D eigenvalue weighted by atomic mass is 32.1. The third-order valence-electron chi connectivity index (χ3n) is 5.21. The standard InChI is InChI=1S/C23H26N4OS/c1-5-6-10-18-25-20-19-17(26(3)4)13-14-24-22(19)29-21(20)23(28)27(18)16-9-7-8-15(2)11-12-16/h7-8,11-14H,5-6,9-10H2,1-4H3. The zero-order valence-corrected chi connectivity index (χ0v) is 18.2. The lowest BCUT2D eigenvalue weighted by Gasteiger charge is -2.15. The van der Waals surface area contributed by atoms with Crippen LogP contribution in [0.25, 0.3) is 26.1 Å². The van der Waals surface area contributed by atoms with Gasteiger partial charge < -0.3 is 4.90 Å². The van der Waals surface area contributed by atoms with E-state index >= 15 is 0 Å². The van der Waals surface area contributed by atoms with Crippen molar-refractivity contribution in [3.8, 4) is 0 Å². The van der Waals surface area contributed by atoms with Gasteiger partial charge in [0.2, 0.25) is 0 Å². The van der Waals surface area contributed by atoms with Gasteiger partial charge in [-0.25, -0.2) is 9.97 Å². The van der Waals surface area contributed by atoms with Crippen molar-refractivity contribution in [3.05, 3.63) is 58.3 Å². The minimum atomic E-state index is 0.0152. The van der Waals surface area contributed by atoms with Crippen molar-refractivity contribution in [3.63, 3.8) is 0 Å². The molecule has 5 nitrogen and oxygen atoms in total. The topological polar surface area (TPSA) is 51.0 Å². The van der Waals surface area contributed by atoms with Crippen molar-refractivity contribution in [1.29, 1.82) is 0 Å². The second kappa shape index (κ2) is 7.95. The van der Waals surface area contributed by atoms with E-state index in [9.17, 15) is 4.79 Å². The fourth-order valence-corrected chi connectivity index (χ4v) is 4.73. The molecule has 150 valence electrons. The Bertz CT molecular complexity index is 1230. The van der Waals surface area contributed by atoms with Crippen LogP contribution in [0.3, 0.4) is 0 Å². The van der Waals surface area contributed by atoms with Crippen molar-refractivity contribution < 1.29 is 0 Å². The van der Waals surface area contributed by atoms with Gasteiger partial charge in [0.25, 0.3) is 5.56 Å². The van der Waals surface area contributed by atoms with Crippen LogP contribution in [-0.4, -0.2) is 28.6 Å². The average Bonchev–Trinajstić information content (AvgIpc) is 2.95. The van der Waals surface area contributed by atoms with E-state index in [1.54, 1.807) is 6.20 Å². The summed E-state index contributed by atoms with van der Waals surface area (Å²) in [5, 5.41) is 0.977. The Morgan fingerprint density at radius 3 is 2.86 bits per heavy atom. The Morgan fingerprint density at radius 1 is 1.28 bits per heavy atom. The fourth-order valence-electron chi connectivity index (χ4n) is 3.70. The number of hydrogen-bond donors (Lipinski definition) is 0. The number of rotatable bonds is 5. The zero-order valence-electron chi connectivity index (χ0n) is 17.4. The van der Waals surface area contributed by atoms with Crippen LogP contribution in [0.4, 0.5) is 5.69 Å². The lowest BCUT2D eigenvalue weighted by Crippen LogP contribution is -2.24. The fraction of sp³-hybridized carbons (Fsp3) is 0.348. The van der Waals surface area contributed by atoms with Crippen molar-refractivity contribution in [2.75, 3.05) is 19.0 Å². The van der Waals surface area contributed by atoms with Gasteiger partial charge in [-0.3, -0.25) is 9.36 Å². The van der Waals surface area contributed by atoms with Crippen molar-refractivity contribution in [2.24, 2.45) is 0 Å². The number of nitrogens with zero attached hydrogens (tertiary/aromatic N) is 4. The first-order valence-electron chi connectivity index (χ1n) is 10.1. The number of anilines is 1. The largest absolute Gasteiger partial charge is 0.377 e. The Balaban J connectivity index is 2.05. The van der Waals surface area contributed by atoms with Gasteiger partial charge in [-0.2, -0.15) is 0 Å². The van der Waals surface area contributed by atoms with Crippen LogP contribution < -0.4 is 10.5 Å². The first-order valence-corrected chi connectivity index (χ1v) is 10.9. The molecule has 0 bridgehead atoms. The van der Waals surface area contributed by atoms with Gasteiger partial charge in [-0.1, -0.05) is 37.1 Å². The third-order valence-corrected chi connectivity index (χ3v) is 6.29. The van der Waals surface area contributed by atoms with E-state index in [1.807, 2.05) is 24.7 Å². The summed E-state index contributed by atoms with van der Waals surface area (Å²) in [6, 6.07) is 1.99. The third kappa shape index (κ3) is 3.53. The number of fused-ring (bicyclic) bond motifs is 3. The van der Waals surface area contributed by atoms with E-state index in [2.05, 4.69) is 48.0 Å². The predicted molar refractivity (Wildman–Crippen MR) is 124 cm³/mol. The smallest absolute Gasteiger partial charge is 0.275 e. The summed E-state index contributed by atoms with van der Waals surface area (Å²) in [6.07, 6.45) is 13.7. The van der Waals surface area contributed by atoms with Gasteiger partial charge in [0.15, 0.2) is 0 Å². The lowest BCUT2D eigenvalue weighted by molar-refractivity contribution is 0.722. The first-order chi connectivity index (χ1) is 14.0. The molecule has 3 heterocycles. The molecule has 1 aliphatic carbocycles. The first kappa shape index (κ1) is 19.6. The minimum absolute atomic E-state index is 0.0152. The second-order valence-electron chi connectivity index (χ2n) is 7.63. The molecule has 1 aliphatic rings. The van der Waals surface area contributed by atoms with Crippen LogP contribution in [0.2, 0.25) is 0 Å². The molecule has 3 aromatic rings. The van der Waals surface area contributed by atoms with E-state index < -0.39 is 0 Å². The molecule has 0 spiro atoms. The summed E-state index contributed by atoms with van der Waals surface area (Å²) in [5.41, 5.74) is 4.00. The summed E-state index contributed by atoms with van der Waals surface area (Å²) in [5.74, 6) is 0.838. The van der Waals surface area contributed by atoms with E-state index in [4.69, 9.17) is 4.98 Å². The molecule has 0 aromatic carbocycles. The molecule has 0 saturated heterocycles. The van der Waals surface area contributed by atoms with Crippen molar-refractivity contribution >= 4 is 43.2 Å². The normalized spacial score (nSPS) is 14.2. The SMILES string of the molecule is CCCCc1nc2c(sc3nccc(N(C)C)c32)c(=O)n1C1=CC=C(C)C=CC1. The summed E-state index contributed by atoms with van der Waals surface area (Å²) in [4.78, 5) is 26.2. The maximum absolute atomic E-state index is 13.7. The molecular formula is C23H26N4OS. The number of hydrogen-bond acceptors (Lipinski definition) is 5. The summed E-state index contributed by atoms with van der Waals surface area (Å²) in [7, 11) is 4.02. The molecule has 4 rings (SSSR count). The summed E-state index contributed by atoms with van der Waals surface area (Å²) >= 11 is 1.44. The second-order valence-corrected chi connectivity index (χ2v) is 8.63. The predicted octanol–water partition coefficient (Wildman–Crippen LogP) is 5.16. The molecule has 0 fully saturated rings. The Morgan fingerprint density at radius 2 is 2.10 bits per heavy atom. The average molecular weight is 407 g/mol. The van der Waals surface area contributed by atoms with Gasteiger partial charge >= 0.3 is 0 Å². The minimum Gasteiger partial charge on any atom is -0.377 e. The Kier molecular flexibility index (Phi) is 5.37. The van der Waals surface area contributed by atoms with E-state index in [1.165, 1.54) is 16.9 Å². The molecule has 0 saturated carbocycles. The molecular weight excluding hydrogens is 380 g/mol. The van der Waals surface area contributed by atoms with E-state index in [0.29, 0.717) is 11.1 Å². The highest BCUT2D eigenvalue weighted by molar-refractivity contribution is 7.25. The van der Waals surface area contributed by atoms with Gasteiger partial charge in [0.05, 0.1) is 11.1 Å².